The molecule has 0 aliphatic carbocycles. The highest BCUT2D eigenvalue weighted by Gasteiger charge is 2.05. The van der Waals surface area contributed by atoms with E-state index in [9.17, 15) is 4.79 Å². The summed E-state index contributed by atoms with van der Waals surface area (Å²) in [6.45, 7) is 6.10. The average Bonchev–Trinajstić information content (AvgIpc) is 2.36. The van der Waals surface area contributed by atoms with Crippen molar-refractivity contribution in [2.75, 3.05) is 17.2 Å². The van der Waals surface area contributed by atoms with Crippen LogP contribution < -0.4 is 10.6 Å². The molecular formula is C15H24N2O2. The molecule has 4 nitrogen and oxygen atoms in total. The van der Waals surface area contributed by atoms with Crippen LogP contribution in [0, 0.1) is 5.92 Å². The Balaban J connectivity index is 2.54. The van der Waals surface area contributed by atoms with E-state index in [1.807, 2.05) is 18.2 Å². The first-order chi connectivity index (χ1) is 9.01. The lowest BCUT2D eigenvalue weighted by molar-refractivity contribution is -0.118. The fourth-order valence-corrected chi connectivity index (χ4v) is 1.83. The Bertz CT molecular complexity index is 405. The summed E-state index contributed by atoms with van der Waals surface area (Å²) in [5, 5.41) is 14.7. The first kappa shape index (κ1) is 15.5. The van der Waals surface area contributed by atoms with Gasteiger partial charge in [0.1, 0.15) is 6.61 Å². The molecule has 0 heterocycles. The summed E-state index contributed by atoms with van der Waals surface area (Å²) < 4.78 is 0. The van der Waals surface area contributed by atoms with Crippen molar-refractivity contribution in [3.05, 3.63) is 24.3 Å². The topological polar surface area (TPSA) is 61.4 Å². The zero-order valence-electron chi connectivity index (χ0n) is 11.9. The molecular weight excluding hydrogens is 240 g/mol. The van der Waals surface area contributed by atoms with Crippen LogP contribution in [-0.4, -0.2) is 23.7 Å². The first-order valence-electron chi connectivity index (χ1n) is 6.78. The van der Waals surface area contributed by atoms with Gasteiger partial charge in [-0.1, -0.05) is 19.9 Å². The number of aliphatic hydroxyl groups is 1. The average molecular weight is 264 g/mol. The van der Waals surface area contributed by atoms with Gasteiger partial charge in [0.25, 0.3) is 0 Å². The Morgan fingerprint density at radius 1 is 1.21 bits per heavy atom. The monoisotopic (exact) mass is 264 g/mol. The maximum atomic E-state index is 11.1. The molecule has 0 saturated carbocycles. The second-order valence-electron chi connectivity index (χ2n) is 5.30. The van der Waals surface area contributed by atoms with Gasteiger partial charge in [0.15, 0.2) is 0 Å². The summed E-state index contributed by atoms with van der Waals surface area (Å²) >= 11 is 0. The van der Waals surface area contributed by atoms with Crippen LogP contribution in [0.5, 0.6) is 0 Å². The van der Waals surface area contributed by atoms with Crippen LogP contribution in [0.2, 0.25) is 0 Å². The molecule has 1 aromatic carbocycles. The van der Waals surface area contributed by atoms with Gasteiger partial charge >= 0.3 is 0 Å². The van der Waals surface area contributed by atoms with Crippen molar-refractivity contribution >= 4 is 17.3 Å². The highest BCUT2D eigenvalue weighted by molar-refractivity contribution is 5.91. The van der Waals surface area contributed by atoms with Gasteiger partial charge in [-0.05, 0) is 43.9 Å². The molecule has 0 fully saturated rings. The molecule has 1 rings (SSSR count). The lowest BCUT2D eigenvalue weighted by atomic mass is 10.0. The van der Waals surface area contributed by atoms with E-state index in [0.29, 0.717) is 17.6 Å². The Morgan fingerprint density at radius 2 is 1.89 bits per heavy atom. The van der Waals surface area contributed by atoms with Gasteiger partial charge in [-0.3, -0.25) is 4.79 Å². The minimum atomic E-state index is -0.498. The Labute approximate surface area is 115 Å². The van der Waals surface area contributed by atoms with Gasteiger partial charge in [0.05, 0.1) is 0 Å². The Hall–Kier alpha value is -1.55. The summed E-state index contributed by atoms with van der Waals surface area (Å²) in [4.78, 5) is 11.1. The third-order valence-electron chi connectivity index (χ3n) is 2.88. The maximum absolute atomic E-state index is 11.1. The summed E-state index contributed by atoms with van der Waals surface area (Å²) in [6.07, 6.45) is 2.31. The maximum Gasteiger partial charge on any atom is 0.250 e. The highest BCUT2D eigenvalue weighted by Crippen LogP contribution is 2.17. The molecule has 19 heavy (non-hydrogen) atoms. The molecule has 1 unspecified atom stereocenters. The van der Waals surface area contributed by atoms with Crippen molar-refractivity contribution in [1.29, 1.82) is 0 Å². The van der Waals surface area contributed by atoms with E-state index < -0.39 is 12.5 Å². The standard InChI is InChI=1S/C15H24N2O2/c1-11(2)7-8-12(3)16-13-5-4-6-14(9-13)17-15(19)10-18/h4-6,9,11-12,16,18H,7-8,10H2,1-3H3,(H,17,19). The predicted molar refractivity (Wildman–Crippen MR) is 79.3 cm³/mol. The molecule has 1 aromatic rings. The minimum Gasteiger partial charge on any atom is -0.387 e. The van der Waals surface area contributed by atoms with Gasteiger partial charge in [0.2, 0.25) is 5.91 Å². The van der Waals surface area contributed by atoms with Gasteiger partial charge in [0, 0.05) is 17.4 Å². The molecule has 0 radical (unpaired) electrons. The largest absolute Gasteiger partial charge is 0.387 e. The molecule has 0 bridgehead atoms. The van der Waals surface area contributed by atoms with Crippen molar-refractivity contribution in [3.8, 4) is 0 Å². The van der Waals surface area contributed by atoms with Crippen LogP contribution in [0.4, 0.5) is 11.4 Å². The van der Waals surface area contributed by atoms with Crippen LogP contribution in [0.25, 0.3) is 0 Å². The van der Waals surface area contributed by atoms with E-state index in [2.05, 4.69) is 31.4 Å². The van der Waals surface area contributed by atoms with Crippen molar-refractivity contribution < 1.29 is 9.90 Å². The fourth-order valence-electron chi connectivity index (χ4n) is 1.83. The number of anilines is 2. The third kappa shape index (κ3) is 6.25. The van der Waals surface area contributed by atoms with E-state index in [1.165, 1.54) is 6.42 Å². The van der Waals surface area contributed by atoms with E-state index in [1.54, 1.807) is 6.07 Å². The zero-order chi connectivity index (χ0) is 14.3. The number of hydrogen-bond acceptors (Lipinski definition) is 3. The number of carbonyl (C=O) groups excluding carboxylic acids is 1. The quantitative estimate of drug-likeness (QED) is 0.709. The van der Waals surface area contributed by atoms with Crippen molar-refractivity contribution in [2.24, 2.45) is 5.92 Å². The van der Waals surface area contributed by atoms with Gasteiger partial charge < -0.3 is 15.7 Å². The molecule has 0 aliphatic heterocycles. The van der Waals surface area contributed by atoms with E-state index in [0.717, 1.165) is 12.1 Å². The van der Waals surface area contributed by atoms with E-state index in [-0.39, 0.29) is 0 Å². The number of amides is 1. The van der Waals surface area contributed by atoms with Gasteiger partial charge in [-0.25, -0.2) is 0 Å². The van der Waals surface area contributed by atoms with Gasteiger partial charge in [-0.2, -0.15) is 0 Å². The number of carbonyl (C=O) groups is 1. The fraction of sp³-hybridized carbons (Fsp3) is 0.533. The van der Waals surface area contributed by atoms with Crippen molar-refractivity contribution in [1.82, 2.24) is 0 Å². The number of aliphatic hydroxyl groups excluding tert-OH is 1. The molecule has 0 aromatic heterocycles. The second kappa shape index (κ2) is 7.79. The van der Waals surface area contributed by atoms with Crippen LogP contribution in [0.1, 0.15) is 33.6 Å². The van der Waals surface area contributed by atoms with E-state index >= 15 is 0 Å². The van der Waals surface area contributed by atoms with Gasteiger partial charge in [-0.15, -0.1) is 0 Å². The summed E-state index contributed by atoms with van der Waals surface area (Å²) in [6, 6.07) is 7.92. The molecule has 1 amide bonds. The minimum absolute atomic E-state index is 0.395. The summed E-state index contributed by atoms with van der Waals surface area (Å²) in [7, 11) is 0. The van der Waals surface area contributed by atoms with Crippen LogP contribution in [0.3, 0.4) is 0 Å². The number of hydrogen-bond donors (Lipinski definition) is 3. The van der Waals surface area contributed by atoms with Crippen LogP contribution >= 0.6 is 0 Å². The predicted octanol–water partition coefficient (Wildman–Crippen LogP) is 2.85. The molecule has 0 spiro atoms. The lowest BCUT2D eigenvalue weighted by Crippen LogP contribution is -2.17. The molecule has 0 aliphatic rings. The summed E-state index contributed by atoms with van der Waals surface area (Å²) in [5.74, 6) is 0.310. The van der Waals surface area contributed by atoms with Crippen LogP contribution in [0.15, 0.2) is 24.3 Å². The number of rotatable bonds is 7. The normalized spacial score (nSPS) is 12.3. The van der Waals surface area contributed by atoms with Crippen molar-refractivity contribution in [2.45, 2.75) is 39.7 Å². The molecule has 3 N–H and O–H groups in total. The first-order valence-corrected chi connectivity index (χ1v) is 6.78. The lowest BCUT2D eigenvalue weighted by Gasteiger charge is -2.17. The molecule has 0 saturated heterocycles. The zero-order valence-corrected chi connectivity index (χ0v) is 11.9. The Kier molecular flexibility index (Phi) is 6.36. The molecule has 106 valence electrons. The third-order valence-corrected chi connectivity index (χ3v) is 2.88. The van der Waals surface area contributed by atoms with E-state index in [4.69, 9.17) is 5.11 Å². The second-order valence-corrected chi connectivity index (χ2v) is 5.30. The SMILES string of the molecule is CC(C)CCC(C)Nc1cccc(NC(=O)CO)c1. The highest BCUT2D eigenvalue weighted by atomic mass is 16.3. The molecule has 1 atom stereocenters. The summed E-state index contributed by atoms with van der Waals surface area (Å²) in [5.41, 5.74) is 1.67. The van der Waals surface area contributed by atoms with Crippen molar-refractivity contribution in [3.63, 3.8) is 0 Å². The number of nitrogens with one attached hydrogen (secondary N) is 2. The number of benzene rings is 1. The molecule has 4 heteroatoms. The van der Waals surface area contributed by atoms with Crippen LogP contribution in [-0.2, 0) is 4.79 Å². The smallest absolute Gasteiger partial charge is 0.250 e. The Morgan fingerprint density at radius 3 is 2.53 bits per heavy atom.